The van der Waals surface area contributed by atoms with E-state index in [1.807, 2.05) is 0 Å². The highest BCUT2D eigenvalue weighted by Gasteiger charge is 2.21. The van der Waals surface area contributed by atoms with Gasteiger partial charge in [-0.15, -0.1) is 0 Å². The number of hydrogen-bond donors (Lipinski definition) is 0. The molecular weight excluding hydrogens is 191 g/mol. The van der Waals surface area contributed by atoms with E-state index in [-0.39, 0.29) is 18.6 Å². The molecule has 0 aliphatic heterocycles. The van der Waals surface area contributed by atoms with Gasteiger partial charge in [-0.25, -0.2) is 9.59 Å². The predicted molar refractivity (Wildman–Crippen MR) is 47.1 cm³/mol. The summed E-state index contributed by atoms with van der Waals surface area (Å²) in [5, 5.41) is 0. The van der Waals surface area contributed by atoms with E-state index in [4.69, 9.17) is 0 Å². The average Bonchev–Trinajstić information content (AvgIpc) is 2.18. The highest BCUT2D eigenvalue weighted by atomic mass is 19.1. The quantitative estimate of drug-likeness (QED) is 0.512. The average molecular weight is 204 g/mol. The number of hydrogen-bond acceptors (Lipinski definition) is 4. The van der Waals surface area contributed by atoms with Crippen molar-refractivity contribution in [2.75, 3.05) is 13.7 Å². The Kier molecular flexibility index (Phi) is 5.52. The van der Waals surface area contributed by atoms with Crippen LogP contribution in [0.15, 0.2) is 11.4 Å². The van der Waals surface area contributed by atoms with Crippen LogP contribution in [0.25, 0.3) is 0 Å². The number of esters is 2. The van der Waals surface area contributed by atoms with Gasteiger partial charge in [-0.3, -0.25) is 0 Å². The lowest BCUT2D eigenvalue weighted by molar-refractivity contribution is -0.142. The van der Waals surface area contributed by atoms with Crippen molar-refractivity contribution in [1.29, 1.82) is 0 Å². The molecule has 5 heteroatoms. The summed E-state index contributed by atoms with van der Waals surface area (Å²) in [4.78, 5) is 21.9. The fourth-order valence-electron chi connectivity index (χ4n) is 0.830. The first-order chi connectivity index (χ1) is 6.58. The van der Waals surface area contributed by atoms with E-state index in [0.717, 1.165) is 7.11 Å². The highest BCUT2D eigenvalue weighted by Crippen LogP contribution is 2.13. The molecule has 4 nitrogen and oxygen atoms in total. The molecule has 0 aromatic rings. The van der Waals surface area contributed by atoms with Gasteiger partial charge in [0.25, 0.3) is 0 Å². The third-order valence-electron chi connectivity index (χ3n) is 1.50. The third kappa shape index (κ3) is 3.16. The van der Waals surface area contributed by atoms with Crippen molar-refractivity contribution in [2.45, 2.75) is 20.3 Å². The Morgan fingerprint density at radius 2 is 1.79 bits per heavy atom. The van der Waals surface area contributed by atoms with Gasteiger partial charge in [0, 0.05) is 0 Å². The topological polar surface area (TPSA) is 52.6 Å². The Labute approximate surface area is 81.7 Å². The molecule has 0 bridgehead atoms. The summed E-state index contributed by atoms with van der Waals surface area (Å²) < 4.78 is 21.9. The molecule has 0 amide bonds. The van der Waals surface area contributed by atoms with E-state index in [1.54, 1.807) is 13.8 Å². The lowest BCUT2D eigenvalue weighted by Crippen LogP contribution is -2.12. The molecule has 0 aromatic heterocycles. The molecule has 0 aliphatic carbocycles. The Hall–Kier alpha value is -1.39. The van der Waals surface area contributed by atoms with Gasteiger partial charge in [0.1, 0.15) is 0 Å². The van der Waals surface area contributed by atoms with Gasteiger partial charge < -0.3 is 9.47 Å². The molecule has 0 heterocycles. The molecule has 14 heavy (non-hydrogen) atoms. The zero-order valence-corrected chi connectivity index (χ0v) is 8.43. The molecule has 0 radical (unpaired) electrons. The molecule has 0 unspecified atom stereocenters. The minimum Gasteiger partial charge on any atom is -0.466 e. The molecule has 0 atom stereocenters. The maximum atomic E-state index is 13.2. The standard InChI is InChI=1S/C9H13FO4/c1-4-6(8(11)13-3)7(10)9(12)14-5-2/h4-5H2,1-3H3/b7-6+. The van der Waals surface area contributed by atoms with E-state index >= 15 is 0 Å². The molecule has 0 saturated carbocycles. The van der Waals surface area contributed by atoms with Crippen LogP contribution >= 0.6 is 0 Å². The lowest BCUT2D eigenvalue weighted by atomic mass is 10.2. The van der Waals surface area contributed by atoms with Gasteiger partial charge in [-0.05, 0) is 13.3 Å². The van der Waals surface area contributed by atoms with Crippen molar-refractivity contribution in [2.24, 2.45) is 0 Å². The maximum Gasteiger partial charge on any atom is 0.367 e. The monoisotopic (exact) mass is 204 g/mol. The summed E-state index contributed by atoms with van der Waals surface area (Å²) in [6.07, 6.45) is 0.0807. The van der Waals surface area contributed by atoms with Gasteiger partial charge in [0.05, 0.1) is 19.3 Å². The number of carbonyl (C=O) groups excluding carboxylic acids is 2. The number of carbonyl (C=O) groups is 2. The van der Waals surface area contributed by atoms with Crippen LogP contribution in [-0.4, -0.2) is 25.7 Å². The zero-order chi connectivity index (χ0) is 11.1. The summed E-state index contributed by atoms with van der Waals surface area (Å²) in [7, 11) is 1.12. The van der Waals surface area contributed by atoms with E-state index in [2.05, 4.69) is 9.47 Å². The molecular formula is C9H13FO4. The first-order valence-corrected chi connectivity index (χ1v) is 4.22. The minimum absolute atomic E-state index is 0.0599. The van der Waals surface area contributed by atoms with Crippen molar-refractivity contribution in [1.82, 2.24) is 0 Å². The minimum atomic E-state index is -1.18. The first kappa shape index (κ1) is 12.6. The SMILES string of the molecule is CCOC(=O)/C(F)=C(/CC)C(=O)OC. The predicted octanol–water partition coefficient (Wildman–Crippen LogP) is 1.36. The van der Waals surface area contributed by atoms with Crippen molar-refractivity contribution in [3.05, 3.63) is 11.4 Å². The second-order valence-electron chi connectivity index (χ2n) is 2.36. The van der Waals surface area contributed by atoms with Gasteiger partial charge in [0.15, 0.2) is 0 Å². The molecule has 0 spiro atoms. The van der Waals surface area contributed by atoms with E-state index in [1.165, 1.54) is 0 Å². The fourth-order valence-corrected chi connectivity index (χ4v) is 0.830. The van der Waals surface area contributed by atoms with Crippen molar-refractivity contribution in [3.63, 3.8) is 0 Å². The Morgan fingerprint density at radius 3 is 2.14 bits per heavy atom. The Balaban J connectivity index is 4.82. The molecule has 0 aromatic carbocycles. The van der Waals surface area contributed by atoms with Crippen LogP contribution in [0.2, 0.25) is 0 Å². The van der Waals surface area contributed by atoms with Crippen molar-refractivity contribution < 1.29 is 23.5 Å². The van der Waals surface area contributed by atoms with E-state index < -0.39 is 17.8 Å². The Bertz CT molecular complexity index is 258. The summed E-state index contributed by atoms with van der Waals surface area (Å²) in [5.41, 5.74) is -0.300. The number of ether oxygens (including phenoxy) is 2. The zero-order valence-electron chi connectivity index (χ0n) is 8.43. The maximum absolute atomic E-state index is 13.2. The van der Waals surface area contributed by atoms with Crippen molar-refractivity contribution >= 4 is 11.9 Å². The van der Waals surface area contributed by atoms with Gasteiger partial charge in [-0.1, -0.05) is 6.92 Å². The first-order valence-electron chi connectivity index (χ1n) is 4.22. The van der Waals surface area contributed by atoms with Crippen LogP contribution in [0.5, 0.6) is 0 Å². The van der Waals surface area contributed by atoms with Crippen LogP contribution in [0, 0.1) is 0 Å². The van der Waals surface area contributed by atoms with Gasteiger partial charge in [0.2, 0.25) is 5.83 Å². The molecule has 0 saturated heterocycles. The number of rotatable bonds is 4. The van der Waals surface area contributed by atoms with Crippen molar-refractivity contribution in [3.8, 4) is 0 Å². The third-order valence-corrected chi connectivity index (χ3v) is 1.50. The van der Waals surface area contributed by atoms with Gasteiger partial charge >= 0.3 is 11.9 Å². The van der Waals surface area contributed by atoms with Crippen LogP contribution in [-0.2, 0) is 19.1 Å². The summed E-state index contributed by atoms with van der Waals surface area (Å²) >= 11 is 0. The Morgan fingerprint density at radius 1 is 1.21 bits per heavy atom. The second-order valence-corrected chi connectivity index (χ2v) is 2.36. The summed E-state index contributed by atoms with van der Waals surface area (Å²) in [6.45, 7) is 3.16. The molecule has 0 aliphatic rings. The van der Waals surface area contributed by atoms with Crippen LogP contribution < -0.4 is 0 Å². The molecule has 80 valence electrons. The molecule has 0 N–H and O–H groups in total. The highest BCUT2D eigenvalue weighted by molar-refractivity contribution is 5.98. The normalized spacial score (nSPS) is 11.7. The summed E-state index contributed by atoms with van der Waals surface area (Å²) in [6, 6.07) is 0. The van der Waals surface area contributed by atoms with E-state index in [0.29, 0.717) is 0 Å². The fraction of sp³-hybridized carbons (Fsp3) is 0.556. The van der Waals surface area contributed by atoms with Crippen LogP contribution in [0.3, 0.4) is 0 Å². The second kappa shape index (κ2) is 6.12. The molecule has 0 rings (SSSR count). The smallest absolute Gasteiger partial charge is 0.367 e. The van der Waals surface area contributed by atoms with E-state index in [9.17, 15) is 14.0 Å². The van der Waals surface area contributed by atoms with Crippen LogP contribution in [0.4, 0.5) is 4.39 Å². The number of methoxy groups -OCH3 is 1. The summed E-state index contributed by atoms with van der Waals surface area (Å²) in [5.74, 6) is -3.16. The lowest BCUT2D eigenvalue weighted by Gasteiger charge is -2.04. The number of halogens is 1. The van der Waals surface area contributed by atoms with Crippen LogP contribution in [0.1, 0.15) is 20.3 Å². The largest absolute Gasteiger partial charge is 0.466 e. The molecule has 0 fully saturated rings. The van der Waals surface area contributed by atoms with Gasteiger partial charge in [-0.2, -0.15) is 4.39 Å².